The Kier molecular flexibility index (Phi) is 3.81. The van der Waals surface area contributed by atoms with Crippen LogP contribution in [0.4, 0.5) is 0 Å². The van der Waals surface area contributed by atoms with E-state index in [1.54, 1.807) is 0 Å². The van der Waals surface area contributed by atoms with E-state index >= 15 is 0 Å². The van der Waals surface area contributed by atoms with Crippen LogP contribution in [0.5, 0.6) is 0 Å². The largest absolute Gasteiger partial charge is 0.241 e. The average Bonchev–Trinajstić information content (AvgIpc) is 1.85. The van der Waals surface area contributed by atoms with Crippen LogP contribution in [0.15, 0.2) is 15.2 Å². The first kappa shape index (κ1) is 10.7. The van der Waals surface area contributed by atoms with Crippen molar-refractivity contribution >= 4 is 29.3 Å². The predicted octanol–water partition coefficient (Wildman–Crippen LogP) is 3.02. The Hall–Kier alpha value is -0.300. The van der Waals surface area contributed by atoms with Gasteiger partial charge in [-0.3, -0.25) is 0 Å². The summed E-state index contributed by atoms with van der Waals surface area (Å²) in [4.78, 5) is 13.0. The minimum absolute atomic E-state index is 0.00849. The third kappa shape index (κ3) is 3.57. The molecule has 4 heteroatoms. The topological polar surface area (TPSA) is 29.4 Å². The monoisotopic (exact) mass is 193 g/mol. The van der Waals surface area contributed by atoms with Gasteiger partial charge in [-0.1, -0.05) is 44.0 Å². The molecule has 0 heterocycles. The molecule has 0 aromatic carbocycles. The van der Waals surface area contributed by atoms with Crippen molar-refractivity contribution in [1.82, 2.24) is 0 Å². The minimum atomic E-state index is -0.279. The van der Waals surface area contributed by atoms with Gasteiger partial charge in [-0.2, -0.15) is 4.99 Å². The quantitative estimate of drug-likeness (QED) is 0.358. The van der Waals surface area contributed by atoms with Gasteiger partial charge < -0.3 is 0 Å². The number of rotatable bonds is 1. The number of isocyanates is 1. The molecule has 0 radical (unpaired) electrons. The average molecular weight is 194 g/mol. The summed E-state index contributed by atoms with van der Waals surface area (Å²) < 4.78 is 0. The van der Waals surface area contributed by atoms with Gasteiger partial charge in [0.25, 0.3) is 0 Å². The number of hydrogen-bond donors (Lipinski definition) is 0. The zero-order chi connectivity index (χ0) is 9.07. The number of halogens is 2. The van der Waals surface area contributed by atoms with E-state index in [9.17, 15) is 4.79 Å². The van der Waals surface area contributed by atoms with Crippen molar-refractivity contribution in [3.8, 4) is 0 Å². The predicted molar refractivity (Wildman–Crippen MR) is 46.3 cm³/mol. The zero-order valence-electron chi connectivity index (χ0n) is 6.61. The molecule has 0 N–H and O–H groups in total. The molecule has 0 atom stereocenters. The summed E-state index contributed by atoms with van der Waals surface area (Å²) in [5.41, 5.74) is -0.279. The Morgan fingerprint density at radius 3 is 2.09 bits per heavy atom. The summed E-state index contributed by atoms with van der Waals surface area (Å²) in [6, 6.07) is 0. The molecule has 0 aromatic heterocycles. The van der Waals surface area contributed by atoms with Crippen LogP contribution >= 0.6 is 23.2 Å². The van der Waals surface area contributed by atoms with E-state index in [1.807, 2.05) is 20.8 Å². The Morgan fingerprint density at radius 1 is 1.36 bits per heavy atom. The standard InChI is InChI=1S/C7H9Cl2NO/c1-7(2,3)5(8)6(9)10-4-11/h1-3H3/b6-5-. The van der Waals surface area contributed by atoms with Gasteiger partial charge >= 0.3 is 0 Å². The molecular weight excluding hydrogens is 185 g/mol. The molecule has 0 aliphatic carbocycles. The van der Waals surface area contributed by atoms with E-state index < -0.39 is 0 Å². The Labute approximate surface area is 75.9 Å². The highest BCUT2D eigenvalue weighted by Crippen LogP contribution is 2.32. The molecule has 0 saturated heterocycles. The Morgan fingerprint density at radius 2 is 1.82 bits per heavy atom. The fourth-order valence-electron chi connectivity index (χ4n) is 0.399. The maximum Gasteiger partial charge on any atom is 0.241 e. The van der Waals surface area contributed by atoms with Gasteiger partial charge in [-0.15, -0.1) is 0 Å². The van der Waals surface area contributed by atoms with Crippen molar-refractivity contribution in [2.45, 2.75) is 20.8 Å². The summed E-state index contributed by atoms with van der Waals surface area (Å²) in [7, 11) is 0. The van der Waals surface area contributed by atoms with E-state index in [4.69, 9.17) is 23.2 Å². The second-order valence-corrected chi connectivity index (χ2v) is 3.79. The van der Waals surface area contributed by atoms with E-state index in [-0.39, 0.29) is 10.6 Å². The molecule has 0 fully saturated rings. The van der Waals surface area contributed by atoms with Crippen LogP contribution < -0.4 is 0 Å². The maximum absolute atomic E-state index is 9.78. The molecule has 0 saturated carbocycles. The lowest BCUT2D eigenvalue weighted by molar-refractivity contribution is 0.527. The van der Waals surface area contributed by atoms with Crippen molar-refractivity contribution in [3.05, 3.63) is 10.2 Å². The van der Waals surface area contributed by atoms with E-state index in [0.29, 0.717) is 5.03 Å². The summed E-state index contributed by atoms with van der Waals surface area (Å²) >= 11 is 11.3. The highest BCUT2D eigenvalue weighted by molar-refractivity contribution is 6.39. The molecule has 0 rings (SSSR count). The van der Waals surface area contributed by atoms with Gasteiger partial charge in [-0.05, 0) is 0 Å². The first-order valence-corrected chi connectivity index (χ1v) is 3.79. The molecule has 0 aromatic rings. The molecule has 0 aliphatic heterocycles. The Bertz CT molecular complexity index is 221. The van der Waals surface area contributed by atoms with Crippen molar-refractivity contribution < 1.29 is 4.79 Å². The molecule has 0 aliphatic rings. The number of allylic oxidation sites excluding steroid dienone is 1. The van der Waals surface area contributed by atoms with Gasteiger partial charge in [0.15, 0.2) is 5.16 Å². The van der Waals surface area contributed by atoms with Crippen LogP contribution in [0.3, 0.4) is 0 Å². The normalized spacial score (nSPS) is 13.5. The molecular formula is C7H9Cl2NO. The Balaban J connectivity index is 4.81. The van der Waals surface area contributed by atoms with Crippen molar-refractivity contribution in [2.75, 3.05) is 0 Å². The maximum atomic E-state index is 9.78. The summed E-state index contributed by atoms with van der Waals surface area (Å²) in [6.45, 7) is 5.62. The minimum Gasteiger partial charge on any atom is -0.211 e. The number of nitrogens with zero attached hydrogens (tertiary/aromatic N) is 1. The van der Waals surface area contributed by atoms with Crippen LogP contribution in [-0.4, -0.2) is 6.08 Å². The molecule has 62 valence electrons. The van der Waals surface area contributed by atoms with Crippen LogP contribution in [0.1, 0.15) is 20.8 Å². The van der Waals surface area contributed by atoms with Crippen LogP contribution in [0, 0.1) is 5.41 Å². The van der Waals surface area contributed by atoms with Crippen molar-refractivity contribution in [1.29, 1.82) is 0 Å². The lowest BCUT2D eigenvalue weighted by atomic mass is 9.97. The SMILES string of the molecule is CC(C)(C)/C(Cl)=C(\Cl)N=C=O. The third-order valence-electron chi connectivity index (χ3n) is 0.983. The van der Waals surface area contributed by atoms with Crippen LogP contribution in [0.25, 0.3) is 0 Å². The summed E-state index contributed by atoms with van der Waals surface area (Å²) in [5.74, 6) is 0. The lowest BCUT2D eigenvalue weighted by Gasteiger charge is -2.16. The van der Waals surface area contributed by atoms with Crippen molar-refractivity contribution in [2.24, 2.45) is 10.4 Å². The van der Waals surface area contributed by atoms with E-state index in [0.717, 1.165) is 0 Å². The zero-order valence-corrected chi connectivity index (χ0v) is 8.12. The highest BCUT2D eigenvalue weighted by atomic mass is 35.5. The molecule has 2 nitrogen and oxygen atoms in total. The third-order valence-corrected chi connectivity index (χ3v) is 2.10. The van der Waals surface area contributed by atoms with Crippen LogP contribution in [-0.2, 0) is 4.79 Å². The van der Waals surface area contributed by atoms with Crippen molar-refractivity contribution in [3.63, 3.8) is 0 Å². The fourth-order valence-corrected chi connectivity index (χ4v) is 0.759. The summed E-state index contributed by atoms with van der Waals surface area (Å²) in [6.07, 6.45) is 1.32. The molecule has 0 bridgehead atoms. The first-order valence-electron chi connectivity index (χ1n) is 3.03. The lowest BCUT2D eigenvalue weighted by Crippen LogP contribution is -2.05. The highest BCUT2D eigenvalue weighted by Gasteiger charge is 2.18. The number of carbonyl (C=O) groups excluding carboxylic acids is 1. The molecule has 0 unspecified atom stereocenters. The molecule has 0 amide bonds. The second-order valence-electron chi connectivity index (χ2n) is 3.06. The number of hydrogen-bond acceptors (Lipinski definition) is 2. The van der Waals surface area contributed by atoms with Gasteiger partial charge in [0.1, 0.15) is 0 Å². The summed E-state index contributed by atoms with van der Waals surface area (Å²) in [5, 5.41) is 0.372. The molecule has 0 spiro atoms. The van der Waals surface area contributed by atoms with Crippen LogP contribution in [0.2, 0.25) is 0 Å². The van der Waals surface area contributed by atoms with E-state index in [1.165, 1.54) is 6.08 Å². The van der Waals surface area contributed by atoms with Gasteiger partial charge in [-0.25, -0.2) is 4.79 Å². The second kappa shape index (κ2) is 3.91. The first-order chi connectivity index (χ1) is 4.89. The van der Waals surface area contributed by atoms with Gasteiger partial charge in [0, 0.05) is 5.41 Å². The number of aliphatic imine (C=N–C) groups is 1. The van der Waals surface area contributed by atoms with E-state index in [2.05, 4.69) is 4.99 Å². The van der Waals surface area contributed by atoms with Gasteiger partial charge in [0.2, 0.25) is 6.08 Å². The fraction of sp³-hybridized carbons (Fsp3) is 0.571. The molecule has 11 heavy (non-hydrogen) atoms. The van der Waals surface area contributed by atoms with Gasteiger partial charge in [0.05, 0.1) is 5.03 Å². The smallest absolute Gasteiger partial charge is 0.211 e.